The highest BCUT2D eigenvalue weighted by Gasteiger charge is 2.15. The molecule has 144 valence electrons. The molecule has 0 radical (unpaired) electrons. The van der Waals surface area contributed by atoms with E-state index in [9.17, 15) is 4.79 Å². The van der Waals surface area contributed by atoms with E-state index < -0.39 is 18.2 Å². The van der Waals surface area contributed by atoms with Crippen LogP contribution in [0.4, 0.5) is 0 Å². The van der Waals surface area contributed by atoms with Crippen molar-refractivity contribution in [3.8, 4) is 0 Å². The van der Waals surface area contributed by atoms with Crippen LogP contribution in [0.25, 0.3) is 0 Å². The monoisotopic (exact) mass is 353 g/mol. The summed E-state index contributed by atoms with van der Waals surface area (Å²) in [5, 5.41) is 47.8. The van der Waals surface area contributed by atoms with Crippen molar-refractivity contribution in [2.45, 2.75) is 43.9 Å². The van der Waals surface area contributed by atoms with Crippen LogP contribution in [0.2, 0.25) is 0 Å². The highest BCUT2D eigenvalue weighted by atomic mass is 16.5. The number of aliphatic carboxylic acids is 1. The fourth-order valence-electron chi connectivity index (χ4n) is 1.88. The molecular weight excluding hydrogens is 322 g/mol. The summed E-state index contributed by atoms with van der Waals surface area (Å²) < 4.78 is 10.7. The molecule has 0 rings (SSSR count). The number of hydrogen-bond donors (Lipinski definition) is 6. The first-order chi connectivity index (χ1) is 11.6. The van der Waals surface area contributed by atoms with Gasteiger partial charge in [-0.15, -0.1) is 0 Å². The van der Waals surface area contributed by atoms with E-state index in [1.54, 1.807) is 0 Å². The SMILES string of the molecule is O=C(O)CCCCCNC(COC(CO)CO)COC(CO)CO. The zero-order valence-electron chi connectivity index (χ0n) is 14.0. The molecule has 0 fully saturated rings. The van der Waals surface area contributed by atoms with Gasteiger partial charge >= 0.3 is 5.97 Å². The molecule has 0 spiro atoms. The van der Waals surface area contributed by atoms with Crippen LogP contribution in [-0.2, 0) is 14.3 Å². The Morgan fingerprint density at radius 3 is 1.75 bits per heavy atom. The Hall–Kier alpha value is -0.810. The molecule has 0 atom stereocenters. The average Bonchev–Trinajstić information content (AvgIpc) is 2.58. The first kappa shape index (κ1) is 23.2. The predicted molar refractivity (Wildman–Crippen MR) is 85.7 cm³/mol. The maximum atomic E-state index is 10.4. The summed E-state index contributed by atoms with van der Waals surface area (Å²) in [5.41, 5.74) is 0. The number of nitrogens with one attached hydrogen (secondary N) is 1. The molecule has 0 aliphatic carbocycles. The number of ether oxygens (including phenoxy) is 2. The van der Waals surface area contributed by atoms with Crippen molar-refractivity contribution in [3.63, 3.8) is 0 Å². The minimum absolute atomic E-state index is 0.152. The van der Waals surface area contributed by atoms with Gasteiger partial charge in [0.1, 0.15) is 12.2 Å². The molecule has 0 aromatic rings. The molecule has 9 heteroatoms. The molecule has 0 aliphatic heterocycles. The summed E-state index contributed by atoms with van der Waals surface area (Å²) in [6, 6.07) is -0.245. The molecule has 9 nitrogen and oxygen atoms in total. The van der Waals surface area contributed by atoms with Crippen molar-refractivity contribution in [1.82, 2.24) is 5.32 Å². The van der Waals surface area contributed by atoms with E-state index in [2.05, 4.69) is 5.32 Å². The van der Waals surface area contributed by atoms with E-state index in [0.29, 0.717) is 13.0 Å². The second-order valence-corrected chi connectivity index (χ2v) is 5.50. The summed E-state index contributed by atoms with van der Waals surface area (Å²) in [5.74, 6) is -0.805. The lowest BCUT2D eigenvalue weighted by Gasteiger charge is -2.23. The van der Waals surface area contributed by atoms with Gasteiger partial charge in [0.25, 0.3) is 0 Å². The minimum atomic E-state index is -0.805. The number of unbranched alkanes of at least 4 members (excludes halogenated alkanes) is 2. The molecule has 0 amide bonds. The Kier molecular flexibility index (Phi) is 15.2. The third-order valence-electron chi connectivity index (χ3n) is 3.38. The number of carboxylic acid groups (broad SMARTS) is 1. The predicted octanol–water partition coefficient (Wildman–Crippen LogP) is -1.67. The Morgan fingerprint density at radius 1 is 0.833 bits per heavy atom. The quantitative estimate of drug-likeness (QED) is 0.169. The van der Waals surface area contributed by atoms with Gasteiger partial charge < -0.3 is 40.3 Å². The number of aliphatic hydroxyl groups excluding tert-OH is 4. The molecule has 0 saturated heterocycles. The Labute approximate surface area is 142 Å². The minimum Gasteiger partial charge on any atom is -0.481 e. The van der Waals surface area contributed by atoms with Gasteiger partial charge in [-0.3, -0.25) is 4.79 Å². The smallest absolute Gasteiger partial charge is 0.303 e. The Balaban J connectivity index is 4.12. The number of carboxylic acids is 1. The lowest BCUT2D eigenvalue weighted by atomic mass is 10.2. The zero-order valence-corrected chi connectivity index (χ0v) is 14.0. The fourth-order valence-corrected chi connectivity index (χ4v) is 1.88. The highest BCUT2D eigenvalue weighted by Crippen LogP contribution is 2.01. The molecule has 0 aromatic heterocycles. The molecule has 0 unspecified atom stereocenters. The third-order valence-corrected chi connectivity index (χ3v) is 3.38. The molecule has 0 saturated carbocycles. The Morgan fingerprint density at radius 2 is 1.33 bits per heavy atom. The van der Waals surface area contributed by atoms with E-state index in [0.717, 1.165) is 12.8 Å². The van der Waals surface area contributed by atoms with Crippen LogP contribution >= 0.6 is 0 Å². The van der Waals surface area contributed by atoms with Gasteiger partial charge in [-0.25, -0.2) is 0 Å². The maximum absolute atomic E-state index is 10.4. The summed E-state index contributed by atoms with van der Waals surface area (Å²) >= 11 is 0. The van der Waals surface area contributed by atoms with E-state index >= 15 is 0 Å². The van der Waals surface area contributed by atoms with E-state index in [1.165, 1.54) is 0 Å². The van der Waals surface area contributed by atoms with Crippen LogP contribution in [0.15, 0.2) is 0 Å². The summed E-state index contributed by atoms with van der Waals surface area (Å²) in [6.07, 6.45) is 0.991. The fraction of sp³-hybridized carbons (Fsp3) is 0.933. The second-order valence-electron chi connectivity index (χ2n) is 5.50. The lowest BCUT2D eigenvalue weighted by molar-refractivity contribution is -0.137. The second kappa shape index (κ2) is 15.7. The first-order valence-corrected chi connectivity index (χ1v) is 8.19. The molecule has 0 bridgehead atoms. The molecule has 24 heavy (non-hydrogen) atoms. The standard InChI is InChI=1S/C15H31NO8/c17-6-13(7-18)23-10-12(11-24-14(8-19)9-20)16-5-3-1-2-4-15(21)22/h12-14,16-20H,1-11H2,(H,21,22). The average molecular weight is 353 g/mol. The molecule has 0 aliphatic rings. The van der Waals surface area contributed by atoms with Crippen molar-refractivity contribution in [2.75, 3.05) is 46.2 Å². The Bertz CT molecular complexity index is 281. The first-order valence-electron chi connectivity index (χ1n) is 8.19. The number of rotatable bonds is 17. The van der Waals surface area contributed by atoms with Crippen molar-refractivity contribution in [1.29, 1.82) is 0 Å². The van der Waals surface area contributed by atoms with Crippen LogP contribution in [-0.4, -0.2) is 95.9 Å². The lowest BCUT2D eigenvalue weighted by Crippen LogP contribution is -2.42. The normalized spacial score (nSPS) is 11.8. The molecule has 6 N–H and O–H groups in total. The van der Waals surface area contributed by atoms with Gasteiger partial charge in [0.05, 0.1) is 45.7 Å². The molecular formula is C15H31NO8. The summed E-state index contributed by atoms with van der Waals surface area (Å²) in [6.45, 7) is -0.188. The zero-order chi connectivity index (χ0) is 18.2. The maximum Gasteiger partial charge on any atom is 0.303 e. The number of aliphatic hydroxyl groups is 4. The van der Waals surface area contributed by atoms with Crippen LogP contribution < -0.4 is 5.32 Å². The summed E-state index contributed by atoms with van der Waals surface area (Å²) in [4.78, 5) is 10.4. The molecule has 0 heterocycles. The van der Waals surface area contributed by atoms with Crippen LogP contribution in [0.5, 0.6) is 0 Å². The van der Waals surface area contributed by atoms with Crippen molar-refractivity contribution >= 4 is 5.97 Å². The highest BCUT2D eigenvalue weighted by molar-refractivity contribution is 5.66. The van der Waals surface area contributed by atoms with Gasteiger partial charge in [-0.2, -0.15) is 0 Å². The van der Waals surface area contributed by atoms with Gasteiger partial charge in [0.15, 0.2) is 0 Å². The van der Waals surface area contributed by atoms with Crippen LogP contribution in [0.1, 0.15) is 25.7 Å². The van der Waals surface area contributed by atoms with Gasteiger partial charge in [0.2, 0.25) is 0 Å². The van der Waals surface area contributed by atoms with E-state index in [1.807, 2.05) is 0 Å². The largest absolute Gasteiger partial charge is 0.481 e. The third kappa shape index (κ3) is 12.6. The van der Waals surface area contributed by atoms with Gasteiger partial charge in [0, 0.05) is 6.42 Å². The van der Waals surface area contributed by atoms with E-state index in [4.69, 9.17) is 35.0 Å². The molecule has 0 aromatic carbocycles. The van der Waals surface area contributed by atoms with E-state index in [-0.39, 0.29) is 52.1 Å². The van der Waals surface area contributed by atoms with Crippen molar-refractivity contribution < 1.29 is 39.8 Å². The number of hydrogen-bond acceptors (Lipinski definition) is 8. The number of carbonyl (C=O) groups is 1. The van der Waals surface area contributed by atoms with Crippen LogP contribution in [0.3, 0.4) is 0 Å². The van der Waals surface area contributed by atoms with Crippen LogP contribution in [0, 0.1) is 0 Å². The topological polar surface area (TPSA) is 149 Å². The van der Waals surface area contributed by atoms with Gasteiger partial charge in [-0.05, 0) is 19.4 Å². The van der Waals surface area contributed by atoms with Crippen molar-refractivity contribution in [3.05, 3.63) is 0 Å². The van der Waals surface area contributed by atoms with Gasteiger partial charge in [-0.1, -0.05) is 6.42 Å². The summed E-state index contributed by atoms with van der Waals surface area (Å²) in [7, 11) is 0. The van der Waals surface area contributed by atoms with Crippen molar-refractivity contribution in [2.24, 2.45) is 0 Å².